The fraction of sp³-hybridized carbons (Fsp3) is 0.909. The fourth-order valence-corrected chi connectivity index (χ4v) is 4.51. The van der Waals surface area contributed by atoms with Crippen LogP contribution in [0.3, 0.4) is 0 Å². The van der Waals surface area contributed by atoms with Gasteiger partial charge in [-0.3, -0.25) is 4.79 Å². The summed E-state index contributed by atoms with van der Waals surface area (Å²) in [5, 5.41) is 9.00. The highest BCUT2D eigenvalue weighted by Crippen LogP contribution is 2.67. The van der Waals surface area contributed by atoms with Crippen LogP contribution in [0.4, 0.5) is 0 Å². The average Bonchev–Trinajstić information content (AvgIpc) is 2.88. The summed E-state index contributed by atoms with van der Waals surface area (Å²) in [6, 6.07) is 0. The van der Waals surface area contributed by atoms with E-state index in [9.17, 15) is 4.79 Å². The van der Waals surface area contributed by atoms with Gasteiger partial charge in [0.1, 0.15) is 4.33 Å². The van der Waals surface area contributed by atoms with E-state index in [1.807, 2.05) is 0 Å². The van der Waals surface area contributed by atoms with Crippen LogP contribution in [0, 0.1) is 29.6 Å². The van der Waals surface area contributed by atoms with Crippen LogP contribution in [0.25, 0.3) is 0 Å². The number of hydrogen-bond donors (Lipinski definition) is 1. The third kappa shape index (κ3) is 1.41. The van der Waals surface area contributed by atoms with Crippen molar-refractivity contribution in [2.45, 2.75) is 30.0 Å². The summed E-state index contributed by atoms with van der Waals surface area (Å²) >= 11 is 12.3. The van der Waals surface area contributed by atoms with Crippen molar-refractivity contribution in [3.8, 4) is 0 Å². The van der Waals surface area contributed by atoms with Gasteiger partial charge in [-0.1, -0.05) is 0 Å². The van der Waals surface area contributed by atoms with Gasteiger partial charge >= 0.3 is 5.97 Å². The molecule has 4 heteroatoms. The molecule has 0 spiro atoms. The number of carboxylic acids is 1. The van der Waals surface area contributed by atoms with E-state index in [2.05, 4.69) is 0 Å². The van der Waals surface area contributed by atoms with E-state index < -0.39 is 10.3 Å². The largest absolute Gasteiger partial charge is 0.481 e. The molecule has 2 nitrogen and oxygen atoms in total. The molecule has 3 rings (SSSR count). The van der Waals surface area contributed by atoms with Crippen molar-refractivity contribution in [1.82, 2.24) is 0 Å². The van der Waals surface area contributed by atoms with Gasteiger partial charge in [0.25, 0.3) is 0 Å². The summed E-state index contributed by atoms with van der Waals surface area (Å²) in [6.45, 7) is 0. The molecule has 0 amide bonds. The Morgan fingerprint density at radius 1 is 1.07 bits per heavy atom. The zero-order valence-corrected chi connectivity index (χ0v) is 9.84. The van der Waals surface area contributed by atoms with Crippen LogP contribution in [0.15, 0.2) is 0 Å². The monoisotopic (exact) mass is 248 g/mol. The Kier molecular flexibility index (Phi) is 2.07. The smallest absolute Gasteiger partial charge is 0.307 e. The lowest BCUT2D eigenvalue weighted by atomic mass is 10.0. The van der Waals surface area contributed by atoms with Crippen molar-refractivity contribution in [2.24, 2.45) is 29.6 Å². The van der Waals surface area contributed by atoms with Crippen LogP contribution in [-0.2, 0) is 4.79 Å². The molecule has 0 aromatic heterocycles. The van der Waals surface area contributed by atoms with Gasteiger partial charge < -0.3 is 5.11 Å². The van der Waals surface area contributed by atoms with Crippen LogP contribution in [0.2, 0.25) is 0 Å². The molecule has 84 valence electrons. The van der Waals surface area contributed by atoms with E-state index in [-0.39, 0.29) is 5.92 Å². The highest BCUT2D eigenvalue weighted by Gasteiger charge is 2.65. The number of aliphatic carboxylic acids is 1. The van der Waals surface area contributed by atoms with Crippen molar-refractivity contribution in [2.75, 3.05) is 0 Å². The highest BCUT2D eigenvalue weighted by atomic mass is 35.5. The highest BCUT2D eigenvalue weighted by molar-refractivity contribution is 6.51. The van der Waals surface area contributed by atoms with Crippen molar-refractivity contribution in [3.05, 3.63) is 0 Å². The predicted molar refractivity (Wildman–Crippen MR) is 58.0 cm³/mol. The van der Waals surface area contributed by atoms with E-state index in [1.54, 1.807) is 0 Å². The van der Waals surface area contributed by atoms with Crippen molar-refractivity contribution in [3.63, 3.8) is 0 Å². The van der Waals surface area contributed by atoms with Crippen LogP contribution in [0.1, 0.15) is 25.7 Å². The van der Waals surface area contributed by atoms with E-state index in [4.69, 9.17) is 28.3 Å². The second-order valence-corrected chi connectivity index (χ2v) is 6.68. The van der Waals surface area contributed by atoms with Crippen LogP contribution in [-0.4, -0.2) is 15.4 Å². The minimum absolute atomic E-state index is 0.0671. The van der Waals surface area contributed by atoms with Crippen molar-refractivity contribution >= 4 is 29.2 Å². The standard InChI is InChI=1S/C11H14Cl2O2/c12-11(13)7-3-1-5-6(2-4-8(7)11)9(5)10(14)15/h5-9H,1-4H2,(H,14,15). The zero-order valence-electron chi connectivity index (χ0n) is 8.33. The van der Waals surface area contributed by atoms with Gasteiger partial charge in [0.15, 0.2) is 0 Å². The first-order chi connectivity index (χ1) is 7.03. The van der Waals surface area contributed by atoms with Crippen molar-refractivity contribution < 1.29 is 9.90 Å². The molecular weight excluding hydrogens is 235 g/mol. The van der Waals surface area contributed by atoms with Crippen molar-refractivity contribution in [1.29, 1.82) is 0 Å². The van der Waals surface area contributed by atoms with Crippen LogP contribution >= 0.6 is 23.2 Å². The quantitative estimate of drug-likeness (QED) is 0.725. The summed E-state index contributed by atoms with van der Waals surface area (Å²) in [6.07, 6.45) is 4.04. The molecule has 1 N–H and O–H groups in total. The number of alkyl halides is 2. The Labute approximate surface area is 98.9 Å². The van der Waals surface area contributed by atoms with Gasteiger partial charge in [-0.25, -0.2) is 0 Å². The van der Waals surface area contributed by atoms with Crippen LogP contribution in [0.5, 0.6) is 0 Å². The van der Waals surface area contributed by atoms with Gasteiger partial charge in [0.2, 0.25) is 0 Å². The molecule has 15 heavy (non-hydrogen) atoms. The molecule has 0 aromatic rings. The summed E-state index contributed by atoms with van der Waals surface area (Å²) in [4.78, 5) is 10.9. The maximum atomic E-state index is 10.9. The molecule has 3 aliphatic rings. The normalized spacial score (nSPS) is 50.7. The van der Waals surface area contributed by atoms with E-state index in [0.717, 1.165) is 25.7 Å². The Morgan fingerprint density at radius 2 is 1.53 bits per heavy atom. The third-order valence-corrected chi connectivity index (χ3v) is 5.73. The molecule has 3 saturated carbocycles. The second kappa shape index (κ2) is 3.04. The minimum Gasteiger partial charge on any atom is -0.481 e. The Hall–Kier alpha value is 0.0500. The molecule has 4 unspecified atom stereocenters. The molecule has 0 aromatic carbocycles. The zero-order chi connectivity index (χ0) is 10.8. The molecule has 0 bridgehead atoms. The number of rotatable bonds is 1. The molecule has 3 aliphatic carbocycles. The first-order valence-electron chi connectivity index (χ1n) is 5.64. The van der Waals surface area contributed by atoms with Gasteiger partial charge in [-0.15, -0.1) is 23.2 Å². The summed E-state index contributed by atoms with van der Waals surface area (Å²) < 4.78 is -0.491. The SMILES string of the molecule is O=C(O)C1C2CCC3C(CCC21)C3(Cl)Cl. The fourth-order valence-electron chi connectivity index (χ4n) is 3.59. The van der Waals surface area contributed by atoms with Gasteiger partial charge in [-0.05, 0) is 49.4 Å². The maximum Gasteiger partial charge on any atom is 0.307 e. The second-order valence-electron chi connectivity index (χ2n) is 5.23. The van der Waals surface area contributed by atoms with Gasteiger partial charge in [0, 0.05) is 0 Å². The summed E-state index contributed by atoms with van der Waals surface area (Å²) in [7, 11) is 0. The number of halogens is 2. The topological polar surface area (TPSA) is 37.3 Å². The number of carboxylic acid groups (broad SMARTS) is 1. The van der Waals surface area contributed by atoms with Gasteiger partial charge in [0.05, 0.1) is 5.92 Å². The maximum absolute atomic E-state index is 10.9. The van der Waals surface area contributed by atoms with Crippen LogP contribution < -0.4 is 0 Å². The molecular formula is C11H14Cl2O2. The molecule has 0 saturated heterocycles. The number of hydrogen-bond acceptors (Lipinski definition) is 1. The van der Waals surface area contributed by atoms with E-state index >= 15 is 0 Å². The predicted octanol–water partition coefficient (Wildman–Crippen LogP) is 2.93. The lowest BCUT2D eigenvalue weighted by Gasteiger charge is -2.03. The first-order valence-corrected chi connectivity index (χ1v) is 6.39. The molecule has 0 radical (unpaired) electrons. The number of carbonyl (C=O) groups is 1. The first kappa shape index (κ1) is 10.2. The molecule has 4 atom stereocenters. The van der Waals surface area contributed by atoms with Gasteiger partial charge in [-0.2, -0.15) is 0 Å². The molecule has 0 aliphatic heterocycles. The Bertz CT molecular complexity index is 294. The van der Waals surface area contributed by atoms with E-state index in [1.165, 1.54) is 0 Å². The third-order valence-electron chi connectivity index (χ3n) is 4.60. The minimum atomic E-state index is -0.608. The molecule has 0 heterocycles. The summed E-state index contributed by atoms with van der Waals surface area (Å²) in [5.74, 6) is 1.00. The van der Waals surface area contributed by atoms with E-state index in [0.29, 0.717) is 23.7 Å². The summed E-state index contributed by atoms with van der Waals surface area (Å²) in [5.41, 5.74) is 0. The average molecular weight is 249 g/mol. The lowest BCUT2D eigenvalue weighted by Crippen LogP contribution is -2.01. The Morgan fingerprint density at radius 3 is 1.93 bits per heavy atom. The Balaban J connectivity index is 1.67. The lowest BCUT2D eigenvalue weighted by molar-refractivity contribution is -0.139. The number of fused-ring (bicyclic) bond motifs is 2. The molecule has 3 fully saturated rings.